The van der Waals surface area contributed by atoms with E-state index in [1.54, 1.807) is 0 Å². The lowest BCUT2D eigenvalue weighted by Crippen LogP contribution is -2.54. The molecule has 0 radical (unpaired) electrons. The third-order valence-electron chi connectivity index (χ3n) is 12.1. The Balaban J connectivity index is 1.58. The number of aliphatic hydroxyl groups is 1. The minimum absolute atomic E-state index is 0.0261. The maximum Gasteiger partial charge on any atom is 0.305 e. The molecule has 0 aliphatic heterocycles. The Hall–Kier alpha value is -0.830. The van der Waals surface area contributed by atoms with Crippen LogP contribution in [0.1, 0.15) is 113 Å². The van der Waals surface area contributed by atoms with Gasteiger partial charge in [-0.3, -0.25) is 4.79 Å². The highest BCUT2D eigenvalue weighted by Gasteiger charge is 2.80. The number of hydrogen-bond acceptors (Lipinski definition) is 3. The molecule has 1 N–H and O–H groups in total. The van der Waals surface area contributed by atoms with Crippen LogP contribution in [0, 0.1) is 51.2 Å². The van der Waals surface area contributed by atoms with Gasteiger partial charge < -0.3 is 9.84 Å². The van der Waals surface area contributed by atoms with E-state index in [0.29, 0.717) is 39.9 Å². The van der Waals surface area contributed by atoms with Gasteiger partial charge in [-0.25, -0.2) is 0 Å². The van der Waals surface area contributed by atoms with E-state index in [0.717, 1.165) is 30.6 Å². The van der Waals surface area contributed by atoms with Gasteiger partial charge >= 0.3 is 5.97 Å². The SMILES string of the molecule is COC(=O)CC[C@]12C[C@]13CC[C@]1(C)[C@@H]([C@H](C)C/C=C/C(C)(C)O)CC[C@@]1(C)[C@@H]3CC[C@H]2C(C)C. The molecular formula is C31H52O3. The third-order valence-corrected chi connectivity index (χ3v) is 12.1. The first-order valence-corrected chi connectivity index (χ1v) is 14.2. The van der Waals surface area contributed by atoms with Crippen molar-refractivity contribution in [3.63, 3.8) is 0 Å². The zero-order chi connectivity index (χ0) is 25.2. The Bertz CT molecular complexity index is 808. The fraction of sp³-hybridized carbons (Fsp3) is 0.903. The van der Waals surface area contributed by atoms with Crippen LogP contribution >= 0.6 is 0 Å². The third kappa shape index (κ3) is 3.82. The van der Waals surface area contributed by atoms with Gasteiger partial charge in [0.05, 0.1) is 12.7 Å². The molecule has 4 aliphatic rings. The number of methoxy groups -OCH3 is 1. The minimum Gasteiger partial charge on any atom is -0.469 e. The molecule has 0 unspecified atom stereocenters. The number of hydrogen-bond donors (Lipinski definition) is 1. The lowest BCUT2D eigenvalue weighted by molar-refractivity contribution is -0.144. The molecule has 0 heterocycles. The molecule has 0 saturated heterocycles. The van der Waals surface area contributed by atoms with Crippen molar-refractivity contribution >= 4 is 5.97 Å². The van der Waals surface area contributed by atoms with Crippen molar-refractivity contribution in [3.8, 4) is 0 Å². The van der Waals surface area contributed by atoms with Crippen molar-refractivity contribution in [2.45, 2.75) is 118 Å². The quantitative estimate of drug-likeness (QED) is 0.293. The number of ether oxygens (including phenoxy) is 1. The van der Waals surface area contributed by atoms with Crippen LogP contribution in [0.25, 0.3) is 0 Å². The second kappa shape index (κ2) is 8.63. The number of carbonyl (C=O) groups excluding carboxylic acids is 1. The van der Waals surface area contributed by atoms with Crippen molar-refractivity contribution in [3.05, 3.63) is 12.2 Å². The van der Waals surface area contributed by atoms with E-state index < -0.39 is 5.60 Å². The first-order chi connectivity index (χ1) is 15.8. The van der Waals surface area contributed by atoms with Gasteiger partial charge in [-0.15, -0.1) is 0 Å². The van der Waals surface area contributed by atoms with Crippen molar-refractivity contribution in [2.75, 3.05) is 7.11 Å². The van der Waals surface area contributed by atoms with Gasteiger partial charge in [0.25, 0.3) is 0 Å². The number of rotatable bonds is 8. The van der Waals surface area contributed by atoms with Crippen LogP contribution < -0.4 is 0 Å². The number of esters is 1. The average Bonchev–Trinajstić information content (AvgIpc) is 3.34. The summed E-state index contributed by atoms with van der Waals surface area (Å²) < 4.78 is 5.07. The Morgan fingerprint density at radius 3 is 2.38 bits per heavy atom. The summed E-state index contributed by atoms with van der Waals surface area (Å²) in [7, 11) is 1.54. The standard InChI is InChI=1S/C31H52O3/c1-21(2)23-11-12-25-29(7)16-13-24(22(3)10-9-15-27(4,5)33)28(29,6)18-19-31(25)20-30(23,31)17-14-26(32)34-8/h9,15,21-25,33H,10-14,16-20H2,1-8H3/b15-9+/t22-,23+,24-,25+,28-,29+,30-,31+/m1/s1. The molecule has 1 spiro atoms. The van der Waals surface area contributed by atoms with E-state index in [9.17, 15) is 9.90 Å². The predicted molar refractivity (Wildman–Crippen MR) is 139 cm³/mol. The lowest BCUT2D eigenvalue weighted by Gasteiger charge is -2.61. The van der Waals surface area contributed by atoms with Gasteiger partial charge in [-0.2, -0.15) is 0 Å². The van der Waals surface area contributed by atoms with Crippen LogP contribution in [0.2, 0.25) is 0 Å². The molecule has 3 nitrogen and oxygen atoms in total. The smallest absolute Gasteiger partial charge is 0.305 e. The largest absolute Gasteiger partial charge is 0.469 e. The molecular weight excluding hydrogens is 420 g/mol. The summed E-state index contributed by atoms with van der Waals surface area (Å²) in [6, 6.07) is 0. The van der Waals surface area contributed by atoms with Gasteiger partial charge in [0, 0.05) is 6.42 Å². The second-order valence-corrected chi connectivity index (χ2v) is 14.3. The van der Waals surface area contributed by atoms with Crippen LogP contribution in [-0.4, -0.2) is 23.8 Å². The Labute approximate surface area is 209 Å². The highest BCUT2D eigenvalue weighted by Crippen LogP contribution is 2.87. The molecule has 34 heavy (non-hydrogen) atoms. The van der Waals surface area contributed by atoms with Crippen LogP contribution in [0.3, 0.4) is 0 Å². The molecule has 8 atom stereocenters. The molecule has 0 aromatic carbocycles. The normalized spacial score (nSPS) is 44.5. The summed E-state index contributed by atoms with van der Waals surface area (Å²) in [5.74, 6) is 3.63. The van der Waals surface area contributed by atoms with Crippen molar-refractivity contribution < 1.29 is 14.6 Å². The monoisotopic (exact) mass is 472 g/mol. The van der Waals surface area contributed by atoms with E-state index in [1.165, 1.54) is 52.1 Å². The van der Waals surface area contributed by atoms with Crippen molar-refractivity contribution in [1.82, 2.24) is 0 Å². The highest BCUT2D eigenvalue weighted by molar-refractivity contribution is 5.69. The fourth-order valence-corrected chi connectivity index (χ4v) is 10.4. The first kappa shape index (κ1) is 26.2. The maximum absolute atomic E-state index is 12.2. The van der Waals surface area contributed by atoms with E-state index in [2.05, 4.69) is 40.7 Å². The molecule has 4 aliphatic carbocycles. The van der Waals surface area contributed by atoms with E-state index in [4.69, 9.17) is 4.74 Å². The molecule has 3 heteroatoms. The summed E-state index contributed by atoms with van der Waals surface area (Å²) in [4.78, 5) is 12.2. The lowest BCUT2D eigenvalue weighted by atomic mass is 9.43. The van der Waals surface area contributed by atoms with Crippen molar-refractivity contribution in [1.29, 1.82) is 0 Å². The minimum atomic E-state index is -0.723. The number of carbonyl (C=O) groups is 1. The zero-order valence-corrected chi connectivity index (χ0v) is 23.4. The molecule has 4 rings (SSSR count). The Morgan fingerprint density at radius 2 is 1.76 bits per heavy atom. The molecule has 4 fully saturated rings. The Kier molecular flexibility index (Phi) is 6.66. The summed E-state index contributed by atoms with van der Waals surface area (Å²) in [5.41, 5.74) is 0.897. The summed E-state index contributed by atoms with van der Waals surface area (Å²) >= 11 is 0. The van der Waals surface area contributed by atoms with Gasteiger partial charge in [0.2, 0.25) is 0 Å². The van der Waals surface area contributed by atoms with Gasteiger partial charge in [0.1, 0.15) is 0 Å². The van der Waals surface area contributed by atoms with Gasteiger partial charge in [-0.05, 0) is 123 Å². The summed E-state index contributed by atoms with van der Waals surface area (Å²) in [5, 5.41) is 10.1. The summed E-state index contributed by atoms with van der Waals surface area (Å²) in [6.07, 6.45) is 16.4. The van der Waals surface area contributed by atoms with Gasteiger partial charge in [-0.1, -0.05) is 46.8 Å². The Morgan fingerprint density at radius 1 is 1.06 bits per heavy atom. The van der Waals surface area contributed by atoms with Crippen LogP contribution in [0.15, 0.2) is 12.2 Å². The van der Waals surface area contributed by atoms with Crippen molar-refractivity contribution in [2.24, 2.45) is 51.2 Å². The molecule has 194 valence electrons. The first-order valence-electron chi connectivity index (χ1n) is 14.2. The molecule has 4 saturated carbocycles. The predicted octanol–water partition coefficient (Wildman–Crippen LogP) is 7.57. The maximum atomic E-state index is 12.2. The average molecular weight is 473 g/mol. The highest BCUT2D eigenvalue weighted by atomic mass is 16.5. The molecule has 0 aromatic heterocycles. The fourth-order valence-electron chi connectivity index (χ4n) is 10.4. The topological polar surface area (TPSA) is 46.5 Å². The van der Waals surface area contributed by atoms with E-state index in [-0.39, 0.29) is 5.97 Å². The molecule has 0 amide bonds. The van der Waals surface area contributed by atoms with Crippen LogP contribution in [-0.2, 0) is 9.53 Å². The zero-order valence-electron chi connectivity index (χ0n) is 23.4. The van der Waals surface area contributed by atoms with Gasteiger partial charge in [0.15, 0.2) is 0 Å². The van der Waals surface area contributed by atoms with E-state index >= 15 is 0 Å². The molecule has 0 bridgehead atoms. The van der Waals surface area contributed by atoms with Crippen LogP contribution in [0.4, 0.5) is 0 Å². The second-order valence-electron chi connectivity index (χ2n) is 14.3. The molecule has 0 aromatic rings. The number of fused-ring (bicyclic) bond motifs is 2. The van der Waals surface area contributed by atoms with Crippen LogP contribution in [0.5, 0.6) is 0 Å². The van der Waals surface area contributed by atoms with E-state index in [1.807, 2.05) is 19.9 Å². The summed E-state index contributed by atoms with van der Waals surface area (Å²) in [6.45, 7) is 16.3. The number of allylic oxidation sites excluding steroid dienone is 1.